The van der Waals surface area contributed by atoms with E-state index >= 15 is 0 Å². The number of phenolic OH excluding ortho intramolecular Hbond substituents is 1. The molecule has 21 heavy (non-hydrogen) atoms. The van der Waals surface area contributed by atoms with E-state index in [2.05, 4.69) is 5.32 Å². The van der Waals surface area contributed by atoms with Gasteiger partial charge in [0.15, 0.2) is 0 Å². The smallest absolute Gasteiger partial charge is 0.288 e. The number of para-hydroxylation sites is 1. The van der Waals surface area contributed by atoms with Crippen LogP contribution in [0.3, 0.4) is 0 Å². The number of rotatable bonds is 5. The van der Waals surface area contributed by atoms with Gasteiger partial charge in [-0.15, -0.1) is 0 Å². The number of anilines is 1. The molecule has 0 fully saturated rings. The number of thioether (sulfide) groups is 1. The lowest BCUT2D eigenvalue weighted by Crippen LogP contribution is -2.08. The van der Waals surface area contributed by atoms with Gasteiger partial charge < -0.3 is 10.4 Å². The quantitative estimate of drug-likeness (QED) is 0.760. The molecule has 112 valence electrons. The molecule has 1 unspecified atom stereocenters. The van der Waals surface area contributed by atoms with Gasteiger partial charge in [-0.2, -0.15) is 8.78 Å². The summed E-state index contributed by atoms with van der Waals surface area (Å²) in [7, 11) is 0. The summed E-state index contributed by atoms with van der Waals surface area (Å²) in [5.74, 6) is -3.21. The Morgan fingerprint density at radius 2 is 1.86 bits per heavy atom. The monoisotopic (exact) mass is 313 g/mol. The minimum absolute atomic E-state index is 0.172. The van der Waals surface area contributed by atoms with Gasteiger partial charge in [0.1, 0.15) is 11.6 Å². The first-order valence-corrected chi connectivity index (χ1v) is 7.14. The Bertz CT molecular complexity index is 622. The maximum Gasteiger partial charge on any atom is 0.288 e. The third-order valence-corrected chi connectivity index (χ3v) is 3.72. The van der Waals surface area contributed by atoms with Crippen LogP contribution in [-0.2, 0) is 0 Å². The van der Waals surface area contributed by atoms with Crippen LogP contribution in [0.15, 0.2) is 47.4 Å². The van der Waals surface area contributed by atoms with Gasteiger partial charge >= 0.3 is 0 Å². The second kappa shape index (κ2) is 6.76. The number of hydrogen-bond donors (Lipinski definition) is 2. The molecule has 0 aliphatic heterocycles. The van der Waals surface area contributed by atoms with E-state index in [0.29, 0.717) is 27.9 Å². The summed E-state index contributed by atoms with van der Waals surface area (Å²) in [6, 6.07) is 10.1. The zero-order chi connectivity index (χ0) is 15.4. The van der Waals surface area contributed by atoms with E-state index in [4.69, 9.17) is 0 Å². The summed E-state index contributed by atoms with van der Waals surface area (Å²) in [5.41, 5.74) is 1.03. The number of benzene rings is 2. The maximum absolute atomic E-state index is 13.0. The van der Waals surface area contributed by atoms with Crippen molar-refractivity contribution >= 4 is 17.4 Å². The van der Waals surface area contributed by atoms with Crippen molar-refractivity contribution < 1.29 is 18.3 Å². The third-order valence-electron chi connectivity index (χ3n) is 2.93. The van der Waals surface area contributed by atoms with Crippen LogP contribution in [-0.4, -0.2) is 10.9 Å². The summed E-state index contributed by atoms with van der Waals surface area (Å²) < 4.78 is 38.0. The Kier molecular flexibility index (Phi) is 5.01. The average molecular weight is 313 g/mol. The number of aromatic hydroxyl groups is 1. The molecule has 2 aromatic rings. The minimum Gasteiger partial charge on any atom is -0.507 e. The predicted octanol–water partition coefficient (Wildman–Crippen LogP) is 5.02. The van der Waals surface area contributed by atoms with Gasteiger partial charge in [-0.1, -0.05) is 30.0 Å². The van der Waals surface area contributed by atoms with Crippen LogP contribution in [0.4, 0.5) is 18.9 Å². The molecule has 0 radical (unpaired) electrons. The molecule has 0 aliphatic rings. The van der Waals surface area contributed by atoms with Crippen LogP contribution in [0.5, 0.6) is 5.75 Å². The Labute approximate surface area is 125 Å². The zero-order valence-corrected chi connectivity index (χ0v) is 12.0. The van der Waals surface area contributed by atoms with Crippen molar-refractivity contribution in [2.45, 2.75) is 23.6 Å². The summed E-state index contributed by atoms with van der Waals surface area (Å²) in [4.78, 5) is 0.418. The van der Waals surface area contributed by atoms with E-state index in [1.165, 1.54) is 12.1 Å². The molecule has 2 nitrogen and oxygen atoms in total. The summed E-state index contributed by atoms with van der Waals surface area (Å²) in [6.07, 6.45) is 0. The molecule has 0 aliphatic carbocycles. The van der Waals surface area contributed by atoms with Crippen LogP contribution in [0.2, 0.25) is 0 Å². The summed E-state index contributed by atoms with van der Waals surface area (Å²) in [5, 5.41) is 12.8. The van der Waals surface area contributed by atoms with Crippen LogP contribution in [0.25, 0.3) is 0 Å². The fourth-order valence-electron chi connectivity index (χ4n) is 1.98. The lowest BCUT2D eigenvalue weighted by Gasteiger charge is -2.19. The minimum atomic E-state index is -2.51. The highest BCUT2D eigenvalue weighted by Gasteiger charge is 2.14. The van der Waals surface area contributed by atoms with Gasteiger partial charge in [0.05, 0.1) is 6.04 Å². The SMILES string of the molecule is CC(Nc1ccccc1SC(F)F)c1ccc(F)cc1O. The molecule has 0 heterocycles. The molecule has 2 rings (SSSR count). The third kappa shape index (κ3) is 4.07. The molecule has 0 saturated heterocycles. The van der Waals surface area contributed by atoms with Crippen LogP contribution in [0.1, 0.15) is 18.5 Å². The van der Waals surface area contributed by atoms with Crippen molar-refractivity contribution in [1.82, 2.24) is 0 Å². The van der Waals surface area contributed by atoms with Gasteiger partial charge in [0.2, 0.25) is 0 Å². The van der Waals surface area contributed by atoms with E-state index in [-0.39, 0.29) is 11.8 Å². The molecule has 0 bridgehead atoms. The largest absolute Gasteiger partial charge is 0.507 e. The Morgan fingerprint density at radius 1 is 1.14 bits per heavy atom. The number of nitrogens with one attached hydrogen (secondary N) is 1. The maximum atomic E-state index is 13.0. The number of hydrogen-bond acceptors (Lipinski definition) is 3. The normalized spacial score (nSPS) is 12.4. The molecule has 0 amide bonds. The molecule has 0 aromatic heterocycles. The molecule has 1 atom stereocenters. The fraction of sp³-hybridized carbons (Fsp3) is 0.200. The van der Waals surface area contributed by atoms with Crippen molar-refractivity contribution in [3.8, 4) is 5.75 Å². The van der Waals surface area contributed by atoms with Crippen molar-refractivity contribution in [2.24, 2.45) is 0 Å². The lowest BCUT2D eigenvalue weighted by atomic mass is 10.1. The van der Waals surface area contributed by atoms with Gasteiger partial charge in [0.25, 0.3) is 5.76 Å². The summed E-state index contributed by atoms with van der Waals surface area (Å²) in [6.45, 7) is 1.76. The van der Waals surface area contributed by atoms with E-state index in [0.717, 1.165) is 6.07 Å². The molecule has 6 heteroatoms. The van der Waals surface area contributed by atoms with E-state index in [1.807, 2.05) is 0 Å². The van der Waals surface area contributed by atoms with E-state index < -0.39 is 11.6 Å². The fourth-order valence-corrected chi connectivity index (χ4v) is 2.58. The molecule has 0 saturated carbocycles. The van der Waals surface area contributed by atoms with Crippen molar-refractivity contribution in [1.29, 1.82) is 0 Å². The van der Waals surface area contributed by atoms with E-state index in [9.17, 15) is 18.3 Å². The number of alkyl halides is 2. The van der Waals surface area contributed by atoms with Gasteiger partial charge in [0, 0.05) is 22.2 Å². The molecule has 0 spiro atoms. The highest BCUT2D eigenvalue weighted by atomic mass is 32.2. The topological polar surface area (TPSA) is 32.3 Å². The predicted molar refractivity (Wildman–Crippen MR) is 78.4 cm³/mol. The van der Waals surface area contributed by atoms with Crippen molar-refractivity contribution in [3.05, 3.63) is 53.8 Å². The van der Waals surface area contributed by atoms with Crippen molar-refractivity contribution in [2.75, 3.05) is 5.32 Å². The summed E-state index contributed by atoms with van der Waals surface area (Å²) >= 11 is 0.451. The first kappa shape index (κ1) is 15.6. The highest BCUT2D eigenvalue weighted by Crippen LogP contribution is 2.34. The second-order valence-electron chi connectivity index (χ2n) is 4.44. The Balaban J connectivity index is 2.21. The Morgan fingerprint density at radius 3 is 2.52 bits per heavy atom. The average Bonchev–Trinajstić information content (AvgIpc) is 2.40. The van der Waals surface area contributed by atoms with Crippen LogP contribution < -0.4 is 5.32 Å². The molecular formula is C15H14F3NOS. The first-order chi connectivity index (χ1) is 9.97. The second-order valence-corrected chi connectivity index (χ2v) is 5.48. The van der Waals surface area contributed by atoms with Gasteiger partial charge in [-0.25, -0.2) is 4.39 Å². The number of phenols is 1. The van der Waals surface area contributed by atoms with Gasteiger partial charge in [-0.3, -0.25) is 0 Å². The van der Waals surface area contributed by atoms with Gasteiger partial charge in [-0.05, 0) is 25.1 Å². The highest BCUT2D eigenvalue weighted by molar-refractivity contribution is 7.99. The molecule has 2 aromatic carbocycles. The molecular weight excluding hydrogens is 299 g/mol. The zero-order valence-electron chi connectivity index (χ0n) is 11.2. The van der Waals surface area contributed by atoms with Crippen LogP contribution >= 0.6 is 11.8 Å². The van der Waals surface area contributed by atoms with Crippen molar-refractivity contribution in [3.63, 3.8) is 0 Å². The number of halogens is 3. The standard InChI is InChI=1S/C15H14F3NOS/c1-9(11-7-6-10(16)8-13(11)20)19-12-4-2-3-5-14(12)21-15(17)18/h2-9,15,19-20H,1H3. The molecule has 2 N–H and O–H groups in total. The van der Waals surface area contributed by atoms with Crippen LogP contribution in [0, 0.1) is 5.82 Å². The first-order valence-electron chi connectivity index (χ1n) is 6.26. The Hall–Kier alpha value is -1.82. The van der Waals surface area contributed by atoms with E-state index in [1.54, 1.807) is 31.2 Å². The lowest BCUT2D eigenvalue weighted by molar-refractivity contribution is 0.252.